The lowest BCUT2D eigenvalue weighted by molar-refractivity contribution is -0.120. The van der Waals surface area contributed by atoms with Gasteiger partial charge in [-0.1, -0.05) is 6.07 Å². The van der Waals surface area contributed by atoms with Crippen LogP contribution in [-0.4, -0.2) is 53.8 Å². The average Bonchev–Trinajstić information content (AvgIpc) is 3.01. The fourth-order valence-corrected chi connectivity index (χ4v) is 3.30. The minimum Gasteiger partial charge on any atom is -0.444 e. The van der Waals surface area contributed by atoms with Gasteiger partial charge in [-0.05, 0) is 60.1 Å². The standard InChI is InChI=1S/C22H34N4O5/c1-21(2,3)30-19(28)24-11-10-14(15-12-23-13-17(15)27)16-8-7-9-18(25-16)26-20(29)31-22(4,5)6/h7-9,14-15,23H,10-13H2,1-6H3,(H,24,28)(H,25,26,29). The second-order valence-electron chi connectivity index (χ2n) is 9.60. The van der Waals surface area contributed by atoms with Crippen molar-refractivity contribution in [2.24, 2.45) is 5.92 Å². The number of carbonyl (C=O) groups excluding carboxylic acids is 3. The molecule has 0 spiro atoms. The molecule has 0 bridgehead atoms. The molecule has 1 aromatic heterocycles. The first kappa shape index (κ1) is 24.6. The maximum Gasteiger partial charge on any atom is 0.413 e. The molecule has 0 radical (unpaired) electrons. The molecule has 1 fully saturated rings. The van der Waals surface area contributed by atoms with Crippen molar-refractivity contribution in [1.29, 1.82) is 0 Å². The molecule has 9 nitrogen and oxygen atoms in total. The highest BCUT2D eigenvalue weighted by molar-refractivity contribution is 5.86. The molecule has 1 aromatic rings. The predicted molar refractivity (Wildman–Crippen MR) is 117 cm³/mol. The summed E-state index contributed by atoms with van der Waals surface area (Å²) < 4.78 is 10.5. The third kappa shape index (κ3) is 8.53. The van der Waals surface area contributed by atoms with Crippen LogP contribution in [0.3, 0.4) is 0 Å². The molecular formula is C22H34N4O5. The van der Waals surface area contributed by atoms with Crippen LogP contribution >= 0.6 is 0 Å². The predicted octanol–water partition coefficient (Wildman–Crippen LogP) is 3.22. The van der Waals surface area contributed by atoms with Crippen LogP contribution in [0.4, 0.5) is 15.4 Å². The van der Waals surface area contributed by atoms with E-state index < -0.39 is 23.4 Å². The molecule has 1 aliphatic rings. The zero-order chi connectivity index (χ0) is 23.2. The number of amides is 2. The van der Waals surface area contributed by atoms with Crippen LogP contribution in [0.25, 0.3) is 0 Å². The lowest BCUT2D eigenvalue weighted by Gasteiger charge is -2.24. The van der Waals surface area contributed by atoms with Crippen LogP contribution in [0.5, 0.6) is 0 Å². The molecule has 3 N–H and O–H groups in total. The smallest absolute Gasteiger partial charge is 0.413 e. The number of hydrogen-bond acceptors (Lipinski definition) is 7. The van der Waals surface area contributed by atoms with E-state index in [0.29, 0.717) is 37.6 Å². The van der Waals surface area contributed by atoms with E-state index in [9.17, 15) is 14.4 Å². The molecule has 0 aromatic carbocycles. The fraction of sp³-hybridized carbons (Fsp3) is 0.636. The fourth-order valence-electron chi connectivity index (χ4n) is 3.30. The van der Waals surface area contributed by atoms with Crippen LogP contribution in [0.15, 0.2) is 18.2 Å². The lowest BCUT2D eigenvalue weighted by Crippen LogP contribution is -2.34. The van der Waals surface area contributed by atoms with Crippen molar-refractivity contribution < 1.29 is 23.9 Å². The zero-order valence-electron chi connectivity index (χ0n) is 19.2. The quantitative estimate of drug-likeness (QED) is 0.629. The number of alkyl carbamates (subject to hydrolysis) is 1. The molecular weight excluding hydrogens is 400 g/mol. The number of Topliss-reactive ketones (excluding diaryl/α,β-unsaturated/α-hetero) is 1. The normalized spacial score (nSPS) is 17.7. The van der Waals surface area contributed by atoms with E-state index in [1.807, 2.05) is 6.07 Å². The van der Waals surface area contributed by atoms with E-state index in [-0.39, 0.29) is 17.6 Å². The first-order valence-electron chi connectivity index (χ1n) is 10.5. The van der Waals surface area contributed by atoms with Crippen LogP contribution in [0.1, 0.15) is 59.6 Å². The zero-order valence-corrected chi connectivity index (χ0v) is 19.2. The van der Waals surface area contributed by atoms with Gasteiger partial charge < -0.3 is 20.1 Å². The van der Waals surface area contributed by atoms with Crippen molar-refractivity contribution in [1.82, 2.24) is 15.6 Å². The van der Waals surface area contributed by atoms with Gasteiger partial charge in [-0.3, -0.25) is 10.1 Å². The van der Waals surface area contributed by atoms with Crippen molar-refractivity contribution in [2.45, 2.75) is 65.1 Å². The number of nitrogens with one attached hydrogen (secondary N) is 3. The maximum absolute atomic E-state index is 12.4. The number of carbonyl (C=O) groups is 3. The Morgan fingerprint density at radius 2 is 1.77 bits per heavy atom. The van der Waals surface area contributed by atoms with Gasteiger partial charge >= 0.3 is 12.2 Å². The Kier molecular flexibility index (Phi) is 8.00. The summed E-state index contributed by atoms with van der Waals surface area (Å²) in [6, 6.07) is 5.26. The number of pyridine rings is 1. The highest BCUT2D eigenvalue weighted by Crippen LogP contribution is 2.30. The largest absolute Gasteiger partial charge is 0.444 e. The van der Waals surface area contributed by atoms with Gasteiger partial charge in [0, 0.05) is 30.6 Å². The first-order valence-corrected chi connectivity index (χ1v) is 10.5. The molecule has 1 aliphatic heterocycles. The van der Waals surface area contributed by atoms with Gasteiger partial charge in [0.15, 0.2) is 5.78 Å². The van der Waals surface area contributed by atoms with Crippen LogP contribution in [0.2, 0.25) is 0 Å². The van der Waals surface area contributed by atoms with Gasteiger partial charge in [-0.2, -0.15) is 0 Å². The second kappa shape index (κ2) is 10.1. The van der Waals surface area contributed by atoms with E-state index in [2.05, 4.69) is 20.9 Å². The Balaban J connectivity index is 2.10. The number of rotatable bonds is 6. The summed E-state index contributed by atoms with van der Waals surface area (Å²) in [5, 5.41) is 8.47. The monoisotopic (exact) mass is 434 g/mol. The Hall–Kier alpha value is -2.68. The third-order valence-electron chi connectivity index (χ3n) is 4.47. The number of anilines is 1. The number of nitrogens with zero attached hydrogens (tertiary/aromatic N) is 1. The van der Waals surface area contributed by atoms with Crippen LogP contribution in [0, 0.1) is 5.92 Å². The van der Waals surface area contributed by atoms with Gasteiger partial charge in [-0.25, -0.2) is 14.6 Å². The van der Waals surface area contributed by atoms with E-state index in [1.165, 1.54) is 0 Å². The molecule has 0 aliphatic carbocycles. The number of ketones is 1. The second-order valence-corrected chi connectivity index (χ2v) is 9.60. The van der Waals surface area contributed by atoms with Gasteiger partial charge in [0.2, 0.25) is 0 Å². The summed E-state index contributed by atoms with van der Waals surface area (Å²) in [6.45, 7) is 11.9. The summed E-state index contributed by atoms with van der Waals surface area (Å²) in [5.74, 6) is -0.0348. The summed E-state index contributed by atoms with van der Waals surface area (Å²) >= 11 is 0. The SMILES string of the molecule is CC(C)(C)OC(=O)NCCC(c1cccc(NC(=O)OC(C)(C)C)n1)C1CNCC1=O. The highest BCUT2D eigenvalue weighted by atomic mass is 16.6. The molecule has 0 saturated carbocycles. The summed E-state index contributed by atoms with van der Waals surface area (Å²) in [7, 11) is 0. The van der Waals surface area contributed by atoms with E-state index in [4.69, 9.17) is 9.47 Å². The average molecular weight is 435 g/mol. The Morgan fingerprint density at radius 1 is 1.13 bits per heavy atom. The molecule has 2 amide bonds. The minimum absolute atomic E-state index is 0.106. The molecule has 1 saturated heterocycles. The number of aromatic nitrogens is 1. The van der Waals surface area contributed by atoms with Crippen LogP contribution in [-0.2, 0) is 14.3 Å². The van der Waals surface area contributed by atoms with Gasteiger partial charge in [0.05, 0.1) is 6.54 Å². The van der Waals surface area contributed by atoms with Crippen molar-refractivity contribution >= 4 is 23.8 Å². The first-order chi connectivity index (χ1) is 14.3. The van der Waals surface area contributed by atoms with Crippen molar-refractivity contribution in [3.63, 3.8) is 0 Å². The molecule has 2 heterocycles. The van der Waals surface area contributed by atoms with E-state index in [1.54, 1.807) is 53.7 Å². The van der Waals surface area contributed by atoms with Crippen molar-refractivity contribution in [3.8, 4) is 0 Å². The van der Waals surface area contributed by atoms with E-state index in [0.717, 1.165) is 0 Å². The minimum atomic E-state index is -0.625. The third-order valence-corrected chi connectivity index (χ3v) is 4.47. The van der Waals surface area contributed by atoms with E-state index >= 15 is 0 Å². The van der Waals surface area contributed by atoms with Crippen molar-refractivity contribution in [3.05, 3.63) is 23.9 Å². The van der Waals surface area contributed by atoms with Crippen molar-refractivity contribution in [2.75, 3.05) is 25.0 Å². The molecule has 2 unspecified atom stereocenters. The molecule has 2 rings (SSSR count). The molecule has 2 atom stereocenters. The number of hydrogen-bond donors (Lipinski definition) is 3. The number of ether oxygens (including phenoxy) is 2. The Labute approximate surface area is 183 Å². The summed E-state index contributed by atoms with van der Waals surface area (Å²) in [6.07, 6.45) is -0.602. The maximum atomic E-state index is 12.4. The van der Waals surface area contributed by atoms with Gasteiger partial charge in [0.25, 0.3) is 0 Å². The van der Waals surface area contributed by atoms with Gasteiger partial charge in [0.1, 0.15) is 17.0 Å². The summed E-state index contributed by atoms with van der Waals surface area (Å²) in [5.41, 5.74) is -0.543. The molecule has 31 heavy (non-hydrogen) atoms. The van der Waals surface area contributed by atoms with Gasteiger partial charge in [-0.15, -0.1) is 0 Å². The lowest BCUT2D eigenvalue weighted by atomic mass is 9.85. The molecule has 9 heteroatoms. The topological polar surface area (TPSA) is 119 Å². The molecule has 172 valence electrons. The van der Waals surface area contributed by atoms with Crippen LogP contribution < -0.4 is 16.0 Å². The highest BCUT2D eigenvalue weighted by Gasteiger charge is 2.34. The summed E-state index contributed by atoms with van der Waals surface area (Å²) in [4.78, 5) is 41.0. The Morgan fingerprint density at radius 3 is 2.35 bits per heavy atom. The Bertz CT molecular complexity index is 798.